The van der Waals surface area contributed by atoms with Crippen LogP contribution in [-0.4, -0.2) is 9.97 Å². The lowest BCUT2D eigenvalue weighted by Crippen LogP contribution is -2.10. The highest BCUT2D eigenvalue weighted by Gasteiger charge is 2.01. The highest BCUT2D eigenvalue weighted by Crippen LogP contribution is 2.07. The number of aryl methyl sites for hydroxylation is 1. The fourth-order valence-corrected chi connectivity index (χ4v) is 1.79. The molecule has 0 saturated carbocycles. The van der Waals surface area contributed by atoms with E-state index in [-0.39, 0.29) is 5.56 Å². The van der Waals surface area contributed by atoms with Crippen LogP contribution in [0.15, 0.2) is 35.3 Å². The zero-order valence-electron chi connectivity index (χ0n) is 10.0. The van der Waals surface area contributed by atoms with Crippen molar-refractivity contribution in [2.75, 3.05) is 0 Å². The Morgan fingerprint density at radius 3 is 2.82 bits per heavy atom. The van der Waals surface area contributed by atoms with Crippen LogP contribution in [-0.2, 0) is 6.42 Å². The van der Waals surface area contributed by atoms with E-state index in [1.54, 1.807) is 6.20 Å². The average Bonchev–Trinajstić information content (AvgIpc) is 2.49. The lowest BCUT2D eigenvalue weighted by Gasteiger charge is -1.93. The van der Waals surface area contributed by atoms with Gasteiger partial charge in [-0.15, -0.1) is 0 Å². The number of hydrogen-bond acceptors (Lipinski definition) is 3. The lowest BCUT2D eigenvalue weighted by atomic mass is 10.2. The van der Waals surface area contributed by atoms with Crippen molar-refractivity contribution in [1.82, 2.24) is 9.97 Å². The number of fused-ring (bicyclic) bond motifs is 1. The molecular formula is C14H16N2O. The van der Waals surface area contributed by atoms with Gasteiger partial charge in [-0.25, -0.2) is 4.98 Å². The molecule has 2 aromatic rings. The molecular weight excluding hydrogens is 212 g/mol. The Kier molecular flexibility index (Phi) is 3.81. The van der Waals surface area contributed by atoms with E-state index in [0.717, 1.165) is 31.1 Å². The number of nitrogens with zero attached hydrogens (tertiary/aromatic N) is 2. The first-order valence-electron chi connectivity index (χ1n) is 6.06. The summed E-state index contributed by atoms with van der Waals surface area (Å²) in [6.07, 6.45) is 5.73. The molecule has 0 radical (unpaired) electrons. The third kappa shape index (κ3) is 2.87. The second-order valence-electron chi connectivity index (χ2n) is 4.14. The molecule has 17 heavy (non-hydrogen) atoms. The molecule has 0 unspecified atom stereocenters. The summed E-state index contributed by atoms with van der Waals surface area (Å²) in [5, 5.41) is 0.909. The monoisotopic (exact) mass is 228 g/mol. The second-order valence-corrected chi connectivity index (χ2v) is 4.14. The first-order chi connectivity index (χ1) is 8.31. The molecule has 0 aliphatic heterocycles. The molecule has 3 heteroatoms. The van der Waals surface area contributed by atoms with Gasteiger partial charge in [0.2, 0.25) is 0 Å². The molecule has 0 saturated heterocycles. The number of unbranched alkanes of at least 4 members (excludes halogenated alkanes) is 2. The van der Waals surface area contributed by atoms with Crippen molar-refractivity contribution >= 4 is 10.9 Å². The van der Waals surface area contributed by atoms with Gasteiger partial charge in [0.05, 0.1) is 5.52 Å². The third-order valence-electron chi connectivity index (χ3n) is 2.78. The minimum Gasteiger partial charge on any atom is -0.265 e. The molecule has 0 N–H and O–H groups in total. The molecule has 0 aliphatic rings. The maximum atomic E-state index is 11.9. The van der Waals surface area contributed by atoms with Crippen LogP contribution >= 0.6 is 0 Å². The average molecular weight is 228 g/mol. The molecule has 0 spiro atoms. The summed E-state index contributed by atoms with van der Waals surface area (Å²) in [6, 6.07) is 7.57. The zero-order valence-corrected chi connectivity index (χ0v) is 10.0. The van der Waals surface area contributed by atoms with Crippen molar-refractivity contribution < 1.29 is 0 Å². The predicted octanol–water partition coefficient (Wildman–Crippen LogP) is 2.72. The van der Waals surface area contributed by atoms with E-state index in [9.17, 15) is 4.79 Å². The summed E-state index contributed by atoms with van der Waals surface area (Å²) in [6.45, 7) is 2.14. The van der Waals surface area contributed by atoms with Crippen LogP contribution in [0.1, 0.15) is 31.9 Å². The summed E-state index contributed by atoms with van der Waals surface area (Å²) in [4.78, 5) is 20.2. The van der Waals surface area contributed by atoms with Gasteiger partial charge < -0.3 is 0 Å². The molecule has 88 valence electrons. The largest absolute Gasteiger partial charge is 0.291 e. The third-order valence-corrected chi connectivity index (χ3v) is 2.78. The Hall–Kier alpha value is -1.77. The molecule has 1 aromatic heterocycles. The standard InChI is InChI=1S/C14H16N2O/c1-2-3-4-9-13-14(17)16-12-8-6-5-7-11(12)10-15-13/h5-8,10H,2-4,9H2,1H3. The van der Waals surface area contributed by atoms with E-state index in [1.807, 2.05) is 24.3 Å². The van der Waals surface area contributed by atoms with Gasteiger partial charge in [0.25, 0.3) is 5.56 Å². The van der Waals surface area contributed by atoms with Crippen LogP contribution in [0, 0.1) is 0 Å². The Morgan fingerprint density at radius 2 is 2.00 bits per heavy atom. The fraction of sp³-hybridized carbons (Fsp3) is 0.357. The normalized spacial score (nSPS) is 10.6. The Bertz CT molecular complexity index is 566. The molecule has 1 heterocycles. The van der Waals surface area contributed by atoms with Crippen LogP contribution in [0.3, 0.4) is 0 Å². The molecule has 1 aromatic carbocycles. The van der Waals surface area contributed by atoms with Crippen molar-refractivity contribution in [1.29, 1.82) is 0 Å². The van der Waals surface area contributed by atoms with Crippen LogP contribution in [0.5, 0.6) is 0 Å². The van der Waals surface area contributed by atoms with Gasteiger partial charge in [-0.3, -0.25) is 9.78 Å². The minimum absolute atomic E-state index is 0.192. The minimum atomic E-state index is -0.192. The van der Waals surface area contributed by atoms with Gasteiger partial charge in [-0.2, -0.15) is 0 Å². The topological polar surface area (TPSA) is 42.9 Å². The van der Waals surface area contributed by atoms with E-state index in [2.05, 4.69) is 16.9 Å². The highest BCUT2D eigenvalue weighted by molar-refractivity contribution is 5.76. The Labute approximate surface area is 101 Å². The van der Waals surface area contributed by atoms with Crippen LogP contribution in [0.4, 0.5) is 0 Å². The summed E-state index contributed by atoms with van der Waals surface area (Å²) in [7, 11) is 0. The van der Waals surface area contributed by atoms with E-state index >= 15 is 0 Å². The maximum absolute atomic E-state index is 11.9. The maximum Gasteiger partial charge on any atom is 0.291 e. The Balaban J connectivity index is 2.38. The van der Waals surface area contributed by atoms with Crippen molar-refractivity contribution in [3.8, 4) is 0 Å². The molecule has 0 fully saturated rings. The number of hydrogen-bond donors (Lipinski definition) is 0. The summed E-state index contributed by atoms with van der Waals surface area (Å²) >= 11 is 0. The number of rotatable bonds is 4. The molecule has 3 nitrogen and oxygen atoms in total. The quantitative estimate of drug-likeness (QED) is 0.756. The highest BCUT2D eigenvalue weighted by atomic mass is 16.1. The second kappa shape index (κ2) is 5.53. The van der Waals surface area contributed by atoms with Gasteiger partial charge in [0.15, 0.2) is 0 Å². The smallest absolute Gasteiger partial charge is 0.265 e. The van der Waals surface area contributed by atoms with Gasteiger partial charge >= 0.3 is 0 Å². The first kappa shape index (κ1) is 11.7. The Morgan fingerprint density at radius 1 is 1.18 bits per heavy atom. The van der Waals surface area contributed by atoms with Crippen molar-refractivity contribution in [2.24, 2.45) is 0 Å². The molecule has 0 atom stereocenters. The molecule has 2 rings (SSSR count). The number of benzene rings is 1. The molecule has 0 aliphatic carbocycles. The van der Waals surface area contributed by atoms with Crippen molar-refractivity contribution in [2.45, 2.75) is 32.6 Å². The van der Waals surface area contributed by atoms with Gasteiger partial charge in [-0.05, 0) is 18.9 Å². The first-order valence-corrected chi connectivity index (χ1v) is 6.06. The van der Waals surface area contributed by atoms with E-state index in [0.29, 0.717) is 11.2 Å². The van der Waals surface area contributed by atoms with Gasteiger partial charge in [0, 0.05) is 11.6 Å². The summed E-state index contributed by atoms with van der Waals surface area (Å²) in [5.74, 6) is 0. The van der Waals surface area contributed by atoms with Gasteiger partial charge in [0.1, 0.15) is 5.69 Å². The molecule has 0 bridgehead atoms. The fourth-order valence-electron chi connectivity index (χ4n) is 1.79. The van der Waals surface area contributed by atoms with Crippen LogP contribution in [0.25, 0.3) is 10.9 Å². The predicted molar refractivity (Wildman–Crippen MR) is 69.0 cm³/mol. The summed E-state index contributed by atoms with van der Waals surface area (Å²) < 4.78 is 0. The summed E-state index contributed by atoms with van der Waals surface area (Å²) in [5.41, 5.74) is 1.10. The van der Waals surface area contributed by atoms with Crippen LogP contribution < -0.4 is 5.56 Å². The van der Waals surface area contributed by atoms with Crippen LogP contribution in [0.2, 0.25) is 0 Å². The van der Waals surface area contributed by atoms with E-state index in [1.165, 1.54) is 0 Å². The van der Waals surface area contributed by atoms with E-state index < -0.39 is 0 Å². The van der Waals surface area contributed by atoms with Gasteiger partial charge in [-0.1, -0.05) is 38.0 Å². The van der Waals surface area contributed by atoms with Crippen molar-refractivity contribution in [3.05, 3.63) is 46.5 Å². The SMILES string of the molecule is CCCCCc1ncc2ccccc2nc1=O. The lowest BCUT2D eigenvalue weighted by molar-refractivity contribution is 0.703. The number of aromatic nitrogens is 2. The molecule has 0 amide bonds. The number of para-hydroxylation sites is 1. The van der Waals surface area contributed by atoms with E-state index in [4.69, 9.17) is 0 Å². The zero-order chi connectivity index (χ0) is 12.1. The van der Waals surface area contributed by atoms with Crippen molar-refractivity contribution in [3.63, 3.8) is 0 Å².